The van der Waals surface area contributed by atoms with Crippen LogP contribution in [0.3, 0.4) is 0 Å². The van der Waals surface area contributed by atoms with Gasteiger partial charge in [0.15, 0.2) is 5.78 Å². The molecular weight excluding hydrogens is 352 g/mol. The predicted molar refractivity (Wildman–Crippen MR) is 90.3 cm³/mol. The molecule has 21 heavy (non-hydrogen) atoms. The molecule has 0 N–H and O–H groups in total. The highest BCUT2D eigenvalue weighted by Gasteiger charge is 2.12. The van der Waals surface area contributed by atoms with Gasteiger partial charge in [0.1, 0.15) is 11.5 Å². The molecule has 0 aromatic heterocycles. The first-order valence-electron chi connectivity index (χ1n) is 6.56. The summed E-state index contributed by atoms with van der Waals surface area (Å²) in [5.41, 5.74) is 3.85. The van der Waals surface area contributed by atoms with Gasteiger partial charge in [-0.2, -0.15) is 0 Å². The third kappa shape index (κ3) is 3.66. The lowest BCUT2D eigenvalue weighted by molar-refractivity contribution is 0.102. The summed E-state index contributed by atoms with van der Waals surface area (Å²) in [5, 5.41) is 0.655. The highest BCUT2D eigenvalue weighted by atomic mass is 79.9. The quantitative estimate of drug-likeness (QED) is 0.516. The summed E-state index contributed by atoms with van der Waals surface area (Å²) in [7, 11) is 0. The summed E-state index contributed by atoms with van der Waals surface area (Å²) in [6.45, 7) is 6.08. The van der Waals surface area contributed by atoms with Gasteiger partial charge in [-0.25, -0.2) is 0 Å². The van der Waals surface area contributed by atoms with Crippen LogP contribution in [-0.2, 0) is 0 Å². The number of ketones is 1. The van der Waals surface area contributed by atoms with Crippen LogP contribution in [0.1, 0.15) is 27.0 Å². The van der Waals surface area contributed by atoms with Crippen molar-refractivity contribution in [3.63, 3.8) is 0 Å². The van der Waals surface area contributed by atoms with Gasteiger partial charge in [0.25, 0.3) is 0 Å². The van der Waals surface area contributed by atoms with Gasteiger partial charge < -0.3 is 4.74 Å². The number of carbonyl (C=O) groups excluding carboxylic acids is 1. The van der Waals surface area contributed by atoms with E-state index >= 15 is 0 Å². The van der Waals surface area contributed by atoms with Crippen LogP contribution in [0.4, 0.5) is 0 Å². The van der Waals surface area contributed by atoms with Crippen LogP contribution in [0.25, 0.3) is 0 Å². The monoisotopic (exact) mass is 366 g/mol. The van der Waals surface area contributed by atoms with Crippen LogP contribution in [0.15, 0.2) is 30.3 Å². The number of benzene rings is 2. The number of ether oxygens (including phenoxy) is 1. The first kappa shape index (κ1) is 16.1. The predicted octanol–water partition coefficient (Wildman–Crippen LogP) is 5.64. The van der Waals surface area contributed by atoms with Crippen LogP contribution in [0.5, 0.6) is 11.5 Å². The lowest BCUT2D eigenvalue weighted by Crippen LogP contribution is -2.01. The summed E-state index contributed by atoms with van der Waals surface area (Å²) in [5.74, 6) is 1.41. The summed E-state index contributed by atoms with van der Waals surface area (Å²) in [6, 6.07) is 9.29. The van der Waals surface area contributed by atoms with Gasteiger partial charge in [0, 0.05) is 11.6 Å². The molecule has 0 bridgehead atoms. The Kier molecular flexibility index (Phi) is 5.07. The van der Waals surface area contributed by atoms with E-state index in [0.717, 1.165) is 16.9 Å². The molecule has 0 fully saturated rings. The lowest BCUT2D eigenvalue weighted by atomic mass is 10.1. The van der Waals surface area contributed by atoms with Crippen LogP contribution >= 0.6 is 27.5 Å². The molecule has 0 spiro atoms. The zero-order chi connectivity index (χ0) is 15.6. The Balaban J connectivity index is 2.33. The van der Waals surface area contributed by atoms with Gasteiger partial charge in [-0.05, 0) is 44.0 Å². The Labute approximate surface area is 138 Å². The van der Waals surface area contributed by atoms with Gasteiger partial charge in [0.2, 0.25) is 0 Å². The van der Waals surface area contributed by atoms with Crippen molar-refractivity contribution >= 4 is 33.3 Å². The second-order valence-corrected chi connectivity index (χ2v) is 6.00. The summed E-state index contributed by atoms with van der Waals surface area (Å²) in [4.78, 5) is 11.7. The molecule has 0 saturated carbocycles. The van der Waals surface area contributed by atoms with Crippen molar-refractivity contribution in [1.29, 1.82) is 0 Å². The van der Waals surface area contributed by atoms with E-state index in [1.807, 2.05) is 13.8 Å². The Morgan fingerprint density at radius 3 is 2.29 bits per heavy atom. The van der Waals surface area contributed by atoms with E-state index in [1.165, 1.54) is 5.56 Å². The highest BCUT2D eigenvalue weighted by Crippen LogP contribution is 2.32. The Morgan fingerprint density at radius 2 is 1.76 bits per heavy atom. The normalized spacial score (nSPS) is 10.5. The third-order valence-corrected chi connectivity index (χ3v) is 4.01. The fourth-order valence-electron chi connectivity index (χ4n) is 2.30. The molecule has 0 aliphatic heterocycles. The zero-order valence-electron chi connectivity index (χ0n) is 12.2. The first-order valence-corrected chi connectivity index (χ1v) is 8.06. The molecule has 0 amide bonds. The minimum Gasteiger partial charge on any atom is -0.457 e. The molecule has 0 aliphatic carbocycles. The smallest absolute Gasteiger partial charge is 0.174 e. The summed E-state index contributed by atoms with van der Waals surface area (Å²) >= 11 is 9.30. The first-order chi connectivity index (χ1) is 9.92. The number of Topliss-reactive ketones (excluding diaryl/α,β-unsaturated/α-hetero) is 1. The van der Waals surface area contributed by atoms with Crippen molar-refractivity contribution in [2.45, 2.75) is 20.8 Å². The minimum atomic E-state index is -0.0470. The maximum absolute atomic E-state index is 11.7. The van der Waals surface area contributed by atoms with Crippen LogP contribution in [-0.4, -0.2) is 11.1 Å². The van der Waals surface area contributed by atoms with Crippen molar-refractivity contribution in [1.82, 2.24) is 0 Å². The molecule has 0 aliphatic rings. The average molecular weight is 368 g/mol. The van der Waals surface area contributed by atoms with Gasteiger partial charge in [0.05, 0.1) is 10.4 Å². The molecular formula is C17H16BrClO2. The SMILES string of the molecule is Cc1cc(C)c(Oc2ccc(C(=O)CBr)c(Cl)c2)c(C)c1. The molecule has 2 aromatic rings. The maximum atomic E-state index is 11.7. The van der Waals surface area contributed by atoms with E-state index in [1.54, 1.807) is 18.2 Å². The van der Waals surface area contributed by atoms with Gasteiger partial charge in [-0.3, -0.25) is 4.79 Å². The van der Waals surface area contributed by atoms with Gasteiger partial charge in [-0.15, -0.1) is 0 Å². The van der Waals surface area contributed by atoms with Crippen molar-refractivity contribution < 1.29 is 9.53 Å². The van der Waals surface area contributed by atoms with Crippen LogP contribution < -0.4 is 4.74 Å². The molecule has 110 valence electrons. The Hall–Kier alpha value is -1.32. The van der Waals surface area contributed by atoms with E-state index in [-0.39, 0.29) is 11.1 Å². The molecule has 0 heterocycles. The van der Waals surface area contributed by atoms with Crippen molar-refractivity contribution in [2.24, 2.45) is 0 Å². The largest absolute Gasteiger partial charge is 0.457 e. The Bertz CT molecular complexity index is 672. The lowest BCUT2D eigenvalue weighted by Gasteiger charge is -2.13. The van der Waals surface area contributed by atoms with E-state index in [4.69, 9.17) is 16.3 Å². The summed E-state index contributed by atoms with van der Waals surface area (Å²) in [6.07, 6.45) is 0. The summed E-state index contributed by atoms with van der Waals surface area (Å²) < 4.78 is 5.94. The van der Waals surface area contributed by atoms with E-state index in [0.29, 0.717) is 16.3 Å². The van der Waals surface area contributed by atoms with Crippen molar-refractivity contribution in [3.8, 4) is 11.5 Å². The van der Waals surface area contributed by atoms with Gasteiger partial charge in [-0.1, -0.05) is 45.2 Å². The number of hydrogen-bond donors (Lipinski definition) is 0. The standard InChI is InChI=1S/C17H16BrClO2/c1-10-6-11(2)17(12(3)7-10)21-13-4-5-14(15(19)8-13)16(20)9-18/h4-8H,9H2,1-3H3. The fraction of sp³-hybridized carbons (Fsp3) is 0.235. The van der Waals surface area contributed by atoms with Gasteiger partial charge >= 0.3 is 0 Å². The third-order valence-electron chi connectivity index (χ3n) is 3.19. The van der Waals surface area contributed by atoms with Crippen LogP contribution in [0.2, 0.25) is 5.02 Å². The average Bonchev–Trinajstić information content (AvgIpc) is 2.42. The maximum Gasteiger partial charge on any atom is 0.174 e. The molecule has 0 unspecified atom stereocenters. The van der Waals surface area contributed by atoms with E-state index < -0.39 is 0 Å². The van der Waals surface area contributed by atoms with Crippen molar-refractivity contribution in [2.75, 3.05) is 5.33 Å². The zero-order valence-corrected chi connectivity index (χ0v) is 14.5. The molecule has 2 rings (SSSR count). The number of carbonyl (C=O) groups is 1. The van der Waals surface area contributed by atoms with Crippen molar-refractivity contribution in [3.05, 3.63) is 57.6 Å². The van der Waals surface area contributed by atoms with Crippen LogP contribution in [0, 0.1) is 20.8 Å². The molecule has 0 atom stereocenters. The number of aryl methyl sites for hydroxylation is 3. The van der Waals surface area contributed by atoms with E-state index in [2.05, 4.69) is 35.0 Å². The highest BCUT2D eigenvalue weighted by molar-refractivity contribution is 9.09. The number of rotatable bonds is 4. The molecule has 2 nitrogen and oxygen atoms in total. The molecule has 0 saturated heterocycles. The van der Waals surface area contributed by atoms with E-state index in [9.17, 15) is 4.79 Å². The molecule has 0 radical (unpaired) electrons. The Morgan fingerprint density at radius 1 is 1.14 bits per heavy atom. The fourth-order valence-corrected chi connectivity index (χ4v) is 2.88. The minimum absolute atomic E-state index is 0.0470. The molecule has 2 aromatic carbocycles. The molecule has 4 heteroatoms. The second kappa shape index (κ2) is 6.63. The topological polar surface area (TPSA) is 26.3 Å². The second-order valence-electron chi connectivity index (χ2n) is 5.03. The number of halogens is 2. The number of hydrogen-bond acceptors (Lipinski definition) is 2. The number of alkyl halides is 1.